The third-order valence-corrected chi connectivity index (χ3v) is 4.29. The number of aromatic nitrogens is 1. The van der Waals surface area contributed by atoms with Crippen LogP contribution in [0.1, 0.15) is 47.1 Å². The van der Waals surface area contributed by atoms with Gasteiger partial charge in [-0.1, -0.05) is 24.3 Å². The lowest BCUT2D eigenvalue weighted by atomic mass is 9.77. The fraction of sp³-hybridized carbons (Fsp3) is 0.353. The number of rotatable bonds is 2. The van der Waals surface area contributed by atoms with Gasteiger partial charge in [-0.3, -0.25) is 0 Å². The predicted molar refractivity (Wildman–Crippen MR) is 82.4 cm³/mol. The normalized spacial score (nSPS) is 19.4. The third-order valence-electron chi connectivity index (χ3n) is 4.29. The van der Waals surface area contributed by atoms with Crippen molar-refractivity contribution in [1.82, 2.24) is 4.98 Å². The van der Waals surface area contributed by atoms with E-state index in [-0.39, 0.29) is 6.04 Å². The van der Waals surface area contributed by atoms with Gasteiger partial charge in [-0.05, 0) is 48.9 Å². The first-order chi connectivity index (χ1) is 9.66. The van der Waals surface area contributed by atoms with Crippen LogP contribution in [0.15, 0.2) is 36.5 Å². The molecular weight excluding hydrogens is 246 g/mol. The smallest absolute Gasteiger partial charge is 0.128 e. The van der Waals surface area contributed by atoms with Gasteiger partial charge in [0.1, 0.15) is 5.82 Å². The molecule has 1 aromatic heterocycles. The second-order valence-corrected chi connectivity index (χ2v) is 5.71. The summed E-state index contributed by atoms with van der Waals surface area (Å²) in [5.41, 5.74) is 17.5. The molecule has 0 amide bonds. The summed E-state index contributed by atoms with van der Waals surface area (Å²) in [5.74, 6) is 0.900. The van der Waals surface area contributed by atoms with Crippen molar-refractivity contribution in [3.8, 4) is 0 Å². The number of aryl methyl sites for hydroxylation is 2. The highest BCUT2D eigenvalue weighted by molar-refractivity contribution is 5.45. The number of benzene rings is 1. The number of anilines is 1. The van der Waals surface area contributed by atoms with Crippen molar-refractivity contribution in [2.24, 2.45) is 5.73 Å². The molecule has 2 aromatic rings. The highest BCUT2D eigenvalue weighted by atomic mass is 14.8. The Bertz CT molecular complexity index is 621. The Kier molecular flexibility index (Phi) is 3.45. The first-order valence-electron chi connectivity index (χ1n) is 7.22. The van der Waals surface area contributed by atoms with Gasteiger partial charge in [-0.25, -0.2) is 4.98 Å². The molecule has 20 heavy (non-hydrogen) atoms. The minimum Gasteiger partial charge on any atom is -0.383 e. The molecule has 3 rings (SSSR count). The lowest BCUT2D eigenvalue weighted by Gasteiger charge is -2.31. The average molecular weight is 267 g/mol. The van der Waals surface area contributed by atoms with Crippen LogP contribution < -0.4 is 11.5 Å². The van der Waals surface area contributed by atoms with Crippen LogP contribution >= 0.6 is 0 Å². The summed E-state index contributed by atoms with van der Waals surface area (Å²) in [6.45, 7) is 2.03. The van der Waals surface area contributed by atoms with Gasteiger partial charge in [-0.15, -0.1) is 0 Å². The maximum absolute atomic E-state index is 6.53. The molecule has 1 heterocycles. The van der Waals surface area contributed by atoms with Crippen molar-refractivity contribution in [2.75, 3.05) is 5.73 Å². The summed E-state index contributed by atoms with van der Waals surface area (Å²) in [5, 5.41) is 0. The van der Waals surface area contributed by atoms with Crippen LogP contribution in [0.2, 0.25) is 0 Å². The summed E-state index contributed by atoms with van der Waals surface area (Å²) in [6, 6.07) is 10.6. The maximum Gasteiger partial charge on any atom is 0.128 e. The van der Waals surface area contributed by atoms with E-state index >= 15 is 0 Å². The number of fused-ring (bicyclic) bond motifs is 1. The van der Waals surface area contributed by atoms with E-state index in [1.807, 2.05) is 6.92 Å². The Morgan fingerprint density at radius 3 is 2.95 bits per heavy atom. The van der Waals surface area contributed by atoms with Crippen LogP contribution in [0.5, 0.6) is 0 Å². The number of pyridine rings is 1. The van der Waals surface area contributed by atoms with Crippen molar-refractivity contribution in [1.29, 1.82) is 0 Å². The Morgan fingerprint density at radius 1 is 1.30 bits per heavy atom. The van der Waals surface area contributed by atoms with Crippen molar-refractivity contribution >= 4 is 5.82 Å². The highest BCUT2D eigenvalue weighted by Gasteiger charge is 2.27. The third kappa shape index (κ3) is 2.29. The van der Waals surface area contributed by atoms with E-state index in [9.17, 15) is 0 Å². The fourth-order valence-corrected chi connectivity index (χ4v) is 3.25. The Balaban J connectivity index is 1.99. The lowest BCUT2D eigenvalue weighted by molar-refractivity contribution is 0.474. The number of hydrogen-bond donors (Lipinski definition) is 2. The van der Waals surface area contributed by atoms with Gasteiger partial charge in [0.2, 0.25) is 0 Å². The quantitative estimate of drug-likeness (QED) is 0.878. The number of nitrogens with two attached hydrogens (primary N) is 2. The van der Waals surface area contributed by atoms with Gasteiger partial charge < -0.3 is 11.5 Å². The van der Waals surface area contributed by atoms with Crippen LogP contribution in [0.3, 0.4) is 0 Å². The summed E-state index contributed by atoms with van der Waals surface area (Å²) in [6.07, 6.45) is 5.25. The fourth-order valence-electron chi connectivity index (χ4n) is 3.25. The van der Waals surface area contributed by atoms with E-state index in [4.69, 9.17) is 11.5 Å². The molecule has 2 atom stereocenters. The molecule has 0 bridgehead atoms. The summed E-state index contributed by atoms with van der Waals surface area (Å²) in [7, 11) is 0. The molecule has 3 heteroatoms. The van der Waals surface area contributed by atoms with Gasteiger partial charge >= 0.3 is 0 Å². The van der Waals surface area contributed by atoms with Crippen molar-refractivity contribution < 1.29 is 0 Å². The van der Waals surface area contributed by atoms with Gasteiger partial charge in [0.05, 0.1) is 0 Å². The van der Waals surface area contributed by atoms with Crippen LogP contribution in [0.4, 0.5) is 5.82 Å². The minimum absolute atomic E-state index is 0.0798. The van der Waals surface area contributed by atoms with Crippen LogP contribution in [0, 0.1) is 6.92 Å². The second-order valence-electron chi connectivity index (χ2n) is 5.71. The molecule has 1 aliphatic rings. The summed E-state index contributed by atoms with van der Waals surface area (Å²) >= 11 is 0. The zero-order valence-electron chi connectivity index (χ0n) is 11.8. The molecule has 0 radical (unpaired) electrons. The zero-order valence-corrected chi connectivity index (χ0v) is 11.8. The van der Waals surface area contributed by atoms with E-state index in [0.29, 0.717) is 11.7 Å². The molecule has 0 aliphatic heterocycles. The first-order valence-corrected chi connectivity index (χ1v) is 7.22. The minimum atomic E-state index is -0.0798. The Morgan fingerprint density at radius 2 is 2.10 bits per heavy atom. The molecule has 0 fully saturated rings. The molecule has 0 saturated heterocycles. The SMILES string of the molecule is Cc1cnc(N)c(C(N)C2CCCc3ccccc32)c1. The molecular formula is C17H21N3. The van der Waals surface area contributed by atoms with Crippen LogP contribution in [-0.4, -0.2) is 4.98 Å². The van der Waals surface area contributed by atoms with Crippen molar-refractivity contribution in [3.63, 3.8) is 0 Å². The standard InChI is InChI=1S/C17H21N3/c1-11-9-15(17(19)20-10-11)16(18)14-8-4-6-12-5-2-3-7-13(12)14/h2-3,5,7,9-10,14,16H,4,6,8,18H2,1H3,(H2,19,20). The number of nitrogens with zero attached hydrogens (tertiary/aromatic N) is 1. The average Bonchev–Trinajstić information content (AvgIpc) is 2.48. The highest BCUT2D eigenvalue weighted by Crippen LogP contribution is 2.40. The van der Waals surface area contributed by atoms with E-state index < -0.39 is 0 Å². The molecule has 0 saturated carbocycles. The Hall–Kier alpha value is -1.87. The molecule has 4 N–H and O–H groups in total. The lowest BCUT2D eigenvalue weighted by Crippen LogP contribution is -2.24. The summed E-state index contributed by atoms with van der Waals surface area (Å²) < 4.78 is 0. The predicted octanol–water partition coefficient (Wildman–Crippen LogP) is 3.09. The van der Waals surface area contributed by atoms with Gasteiger partial charge in [0.25, 0.3) is 0 Å². The van der Waals surface area contributed by atoms with Crippen LogP contribution in [0.25, 0.3) is 0 Å². The molecule has 104 valence electrons. The molecule has 3 nitrogen and oxygen atoms in total. The van der Waals surface area contributed by atoms with Gasteiger partial charge in [-0.2, -0.15) is 0 Å². The van der Waals surface area contributed by atoms with Crippen LogP contribution in [-0.2, 0) is 6.42 Å². The van der Waals surface area contributed by atoms with Crippen molar-refractivity contribution in [2.45, 2.75) is 38.1 Å². The molecule has 0 spiro atoms. The monoisotopic (exact) mass is 267 g/mol. The van der Waals surface area contributed by atoms with E-state index in [0.717, 1.165) is 24.0 Å². The second kappa shape index (κ2) is 5.25. The van der Waals surface area contributed by atoms with E-state index in [1.54, 1.807) is 6.20 Å². The van der Waals surface area contributed by atoms with E-state index in [1.165, 1.54) is 17.5 Å². The Labute approximate surface area is 120 Å². The maximum atomic E-state index is 6.53. The van der Waals surface area contributed by atoms with E-state index in [2.05, 4.69) is 35.3 Å². The number of nitrogen functional groups attached to an aromatic ring is 1. The number of hydrogen-bond acceptors (Lipinski definition) is 3. The first kappa shape index (κ1) is 13.1. The largest absolute Gasteiger partial charge is 0.383 e. The molecule has 2 unspecified atom stereocenters. The van der Waals surface area contributed by atoms with Gasteiger partial charge in [0, 0.05) is 23.7 Å². The molecule has 1 aliphatic carbocycles. The van der Waals surface area contributed by atoms with Gasteiger partial charge in [0.15, 0.2) is 0 Å². The summed E-state index contributed by atoms with van der Waals surface area (Å²) in [4.78, 5) is 4.25. The topological polar surface area (TPSA) is 64.9 Å². The van der Waals surface area contributed by atoms with Crippen molar-refractivity contribution in [3.05, 3.63) is 58.8 Å². The molecule has 1 aromatic carbocycles. The zero-order chi connectivity index (χ0) is 14.1.